The van der Waals surface area contributed by atoms with Gasteiger partial charge in [0.15, 0.2) is 16.6 Å². The highest BCUT2D eigenvalue weighted by atomic mass is 32.1. The van der Waals surface area contributed by atoms with Crippen molar-refractivity contribution in [2.45, 2.75) is 57.4 Å². The number of ether oxygens (including phenoxy) is 1. The number of aromatic amines is 1. The van der Waals surface area contributed by atoms with E-state index in [-0.39, 0.29) is 6.42 Å². The van der Waals surface area contributed by atoms with Crippen LogP contribution in [0.15, 0.2) is 30.3 Å². The zero-order chi connectivity index (χ0) is 23.8. The molecule has 178 valence electrons. The summed E-state index contributed by atoms with van der Waals surface area (Å²) in [6.45, 7) is 5.21. The molecule has 2 N–H and O–H groups in total. The van der Waals surface area contributed by atoms with Crippen molar-refractivity contribution in [2.24, 2.45) is 0 Å². The number of benzene rings is 1. The molecule has 0 spiro atoms. The predicted molar refractivity (Wildman–Crippen MR) is 122 cm³/mol. The van der Waals surface area contributed by atoms with Gasteiger partial charge in [-0.25, -0.2) is 4.68 Å². The normalized spacial score (nSPS) is 18.4. The lowest BCUT2D eigenvalue weighted by Crippen LogP contribution is -2.35. The minimum atomic E-state index is -4.44. The van der Waals surface area contributed by atoms with Crippen molar-refractivity contribution in [1.82, 2.24) is 24.5 Å². The van der Waals surface area contributed by atoms with Crippen LogP contribution in [-0.2, 0) is 11.3 Å². The van der Waals surface area contributed by atoms with E-state index in [0.717, 1.165) is 15.8 Å². The Morgan fingerprint density at radius 3 is 2.61 bits per heavy atom. The van der Waals surface area contributed by atoms with Gasteiger partial charge in [-0.2, -0.15) is 23.4 Å². The van der Waals surface area contributed by atoms with E-state index >= 15 is 0 Å². The number of fused-ring (bicyclic) bond motifs is 1. The number of H-pyrrole nitrogens is 1. The molecule has 0 aliphatic carbocycles. The van der Waals surface area contributed by atoms with Crippen LogP contribution in [0.4, 0.5) is 19.0 Å². The van der Waals surface area contributed by atoms with Crippen molar-refractivity contribution in [3.63, 3.8) is 0 Å². The molecular weight excluding hydrogens is 453 g/mol. The number of hydrogen-bond acceptors (Lipinski definition) is 5. The van der Waals surface area contributed by atoms with Crippen LogP contribution < -0.4 is 5.32 Å². The fourth-order valence-electron chi connectivity index (χ4n) is 4.10. The molecule has 3 heterocycles. The molecule has 7 nitrogen and oxygen atoms in total. The molecule has 0 saturated carbocycles. The third-order valence-corrected chi connectivity index (χ3v) is 6.22. The fraction of sp³-hybridized carbons (Fsp3) is 0.500. The highest BCUT2D eigenvalue weighted by Gasteiger charge is 2.46. The van der Waals surface area contributed by atoms with Crippen LogP contribution in [-0.4, -0.2) is 44.4 Å². The molecule has 0 unspecified atom stereocenters. The molecule has 1 aliphatic rings. The summed E-state index contributed by atoms with van der Waals surface area (Å²) in [4.78, 5) is 0. The first-order chi connectivity index (χ1) is 15.7. The Morgan fingerprint density at radius 2 is 1.97 bits per heavy atom. The molecule has 33 heavy (non-hydrogen) atoms. The van der Waals surface area contributed by atoms with Crippen molar-refractivity contribution in [3.05, 3.63) is 46.2 Å². The highest BCUT2D eigenvalue weighted by molar-refractivity contribution is 7.71. The van der Waals surface area contributed by atoms with E-state index < -0.39 is 18.3 Å². The lowest BCUT2D eigenvalue weighted by molar-refractivity contribution is -0.173. The van der Waals surface area contributed by atoms with Crippen LogP contribution in [0.5, 0.6) is 0 Å². The lowest BCUT2D eigenvalue weighted by atomic mass is 9.94. The summed E-state index contributed by atoms with van der Waals surface area (Å²) >= 11 is 5.30. The van der Waals surface area contributed by atoms with E-state index in [1.54, 1.807) is 17.7 Å². The summed E-state index contributed by atoms with van der Waals surface area (Å²) in [5.41, 5.74) is 2.28. The van der Waals surface area contributed by atoms with Crippen LogP contribution in [0.2, 0.25) is 0 Å². The SMILES string of the molecule is COCCCn1c(-c2cc3n(n2)[C@H](C(F)(F)F)C[C@H](c2ccc(C(C)C)cc2)N3)n[nH]c1=S. The Labute approximate surface area is 195 Å². The topological polar surface area (TPSA) is 72.7 Å². The van der Waals surface area contributed by atoms with Gasteiger partial charge >= 0.3 is 6.18 Å². The molecule has 2 aromatic heterocycles. The Hall–Kier alpha value is -2.66. The monoisotopic (exact) mass is 480 g/mol. The summed E-state index contributed by atoms with van der Waals surface area (Å²) in [5.74, 6) is 1.05. The van der Waals surface area contributed by atoms with Gasteiger partial charge in [0.1, 0.15) is 11.5 Å². The Bertz CT molecular complexity index is 1150. The van der Waals surface area contributed by atoms with Crippen molar-refractivity contribution >= 4 is 18.0 Å². The van der Waals surface area contributed by atoms with Crippen molar-refractivity contribution in [1.29, 1.82) is 0 Å². The zero-order valence-electron chi connectivity index (χ0n) is 18.7. The number of alkyl halides is 3. The average Bonchev–Trinajstić information content (AvgIpc) is 3.36. The number of aromatic nitrogens is 5. The summed E-state index contributed by atoms with van der Waals surface area (Å²) in [6.07, 6.45) is -3.92. The molecule has 0 fully saturated rings. The standard InChI is InChI=1S/C22H27F3N6OS/c1-13(2)14-5-7-15(8-6-14)16-11-18(22(23,24)25)31-19(26-16)12-17(29-31)20-27-28-21(33)30(20)9-4-10-32-3/h5-8,12-13,16,18,26H,4,9-11H2,1-3H3,(H,28,33)/t16-,18+/m1/s1. The molecular formula is C22H27F3N6OS. The quantitative estimate of drug-likeness (QED) is 0.339. The number of rotatable bonds is 7. The van der Waals surface area contributed by atoms with E-state index in [9.17, 15) is 13.2 Å². The second-order valence-corrected chi connectivity index (χ2v) is 8.91. The number of hydrogen-bond donors (Lipinski definition) is 2. The number of halogens is 3. The van der Waals surface area contributed by atoms with Gasteiger partial charge in [-0.1, -0.05) is 38.1 Å². The summed E-state index contributed by atoms with van der Waals surface area (Å²) < 4.78 is 50.3. The third-order valence-electron chi connectivity index (χ3n) is 5.91. The van der Waals surface area contributed by atoms with Gasteiger partial charge in [0.05, 0.1) is 6.04 Å². The molecule has 1 aliphatic heterocycles. The number of nitrogens with one attached hydrogen (secondary N) is 2. The molecule has 1 aromatic carbocycles. The first-order valence-corrected chi connectivity index (χ1v) is 11.3. The maximum atomic E-state index is 14.0. The highest BCUT2D eigenvalue weighted by Crippen LogP contribution is 2.44. The van der Waals surface area contributed by atoms with E-state index in [2.05, 4.69) is 34.5 Å². The second kappa shape index (κ2) is 9.30. The fourth-order valence-corrected chi connectivity index (χ4v) is 4.33. The second-order valence-electron chi connectivity index (χ2n) is 8.52. The summed E-state index contributed by atoms with van der Waals surface area (Å²) in [5, 5.41) is 14.5. The zero-order valence-corrected chi connectivity index (χ0v) is 19.5. The minimum Gasteiger partial charge on any atom is -0.385 e. The number of nitrogens with zero attached hydrogens (tertiary/aromatic N) is 4. The van der Waals surface area contributed by atoms with Crippen LogP contribution in [0.1, 0.15) is 55.8 Å². The van der Waals surface area contributed by atoms with E-state index in [1.807, 2.05) is 24.3 Å². The van der Waals surface area contributed by atoms with Crippen molar-refractivity contribution < 1.29 is 17.9 Å². The van der Waals surface area contributed by atoms with Crippen molar-refractivity contribution in [2.75, 3.05) is 19.0 Å². The predicted octanol–water partition coefficient (Wildman–Crippen LogP) is 5.62. The van der Waals surface area contributed by atoms with Gasteiger partial charge in [0, 0.05) is 32.7 Å². The van der Waals surface area contributed by atoms with Gasteiger partial charge in [0.2, 0.25) is 0 Å². The summed E-state index contributed by atoms with van der Waals surface area (Å²) in [7, 11) is 1.61. The van der Waals surface area contributed by atoms with Gasteiger partial charge in [-0.05, 0) is 35.7 Å². The lowest BCUT2D eigenvalue weighted by Gasteiger charge is -2.33. The maximum Gasteiger partial charge on any atom is 0.410 e. The van der Waals surface area contributed by atoms with E-state index in [0.29, 0.717) is 47.6 Å². The Kier molecular flexibility index (Phi) is 6.62. The van der Waals surface area contributed by atoms with Gasteiger partial charge < -0.3 is 10.1 Å². The molecule has 0 bridgehead atoms. The van der Waals surface area contributed by atoms with Gasteiger partial charge in [0.25, 0.3) is 0 Å². The number of methoxy groups -OCH3 is 1. The van der Waals surface area contributed by atoms with Crippen LogP contribution >= 0.6 is 12.2 Å². The smallest absolute Gasteiger partial charge is 0.385 e. The Morgan fingerprint density at radius 1 is 1.24 bits per heavy atom. The average molecular weight is 481 g/mol. The molecule has 11 heteroatoms. The minimum absolute atomic E-state index is 0.153. The van der Waals surface area contributed by atoms with Crippen LogP contribution in [0.25, 0.3) is 11.5 Å². The van der Waals surface area contributed by atoms with E-state index in [1.165, 1.54) is 0 Å². The first kappa shape index (κ1) is 23.5. The van der Waals surface area contributed by atoms with Gasteiger partial charge in [-0.15, -0.1) is 0 Å². The Balaban J connectivity index is 1.68. The van der Waals surface area contributed by atoms with Crippen molar-refractivity contribution in [3.8, 4) is 11.5 Å². The van der Waals surface area contributed by atoms with E-state index in [4.69, 9.17) is 17.0 Å². The molecule has 0 radical (unpaired) electrons. The maximum absolute atomic E-state index is 14.0. The molecule has 2 atom stereocenters. The number of anilines is 1. The molecule has 0 amide bonds. The molecule has 0 saturated heterocycles. The van der Waals surface area contributed by atoms with Gasteiger partial charge in [-0.3, -0.25) is 9.67 Å². The summed E-state index contributed by atoms with van der Waals surface area (Å²) in [6, 6.07) is 7.10. The molecule has 3 aromatic rings. The first-order valence-electron chi connectivity index (χ1n) is 10.9. The van der Waals surface area contributed by atoms with Crippen LogP contribution in [0, 0.1) is 4.77 Å². The third kappa shape index (κ3) is 4.84. The molecule has 4 rings (SSSR count). The van der Waals surface area contributed by atoms with Crippen LogP contribution in [0.3, 0.4) is 0 Å². The largest absolute Gasteiger partial charge is 0.410 e.